The predicted molar refractivity (Wildman–Crippen MR) is 128 cm³/mol. The molecule has 0 N–H and O–H groups in total. The average Bonchev–Trinajstić information content (AvgIpc) is 2.73. The van der Waals surface area contributed by atoms with E-state index in [0.29, 0.717) is 6.42 Å². The van der Waals surface area contributed by atoms with Gasteiger partial charge in [0.05, 0.1) is 0 Å². The minimum Gasteiger partial charge on any atom is -0.462 e. The van der Waals surface area contributed by atoms with Gasteiger partial charge in [0, 0.05) is 6.42 Å². The second kappa shape index (κ2) is 23.7. The van der Waals surface area contributed by atoms with Crippen molar-refractivity contribution in [2.24, 2.45) is 0 Å². The first kappa shape index (κ1) is 28.5. The molecule has 0 aromatic carbocycles. The number of rotatable bonds is 23. The summed E-state index contributed by atoms with van der Waals surface area (Å²) >= 11 is 0. The lowest BCUT2D eigenvalue weighted by Gasteiger charge is -2.13. The largest absolute Gasteiger partial charge is 0.462 e. The van der Waals surface area contributed by atoms with E-state index in [0.717, 1.165) is 19.3 Å². The smallest absolute Gasteiger partial charge is 0.306 e. The Balaban J connectivity index is 3.14. The van der Waals surface area contributed by atoms with Gasteiger partial charge in [0.1, 0.15) is 6.10 Å². The van der Waals surface area contributed by atoms with E-state index in [1.807, 2.05) is 0 Å². The van der Waals surface area contributed by atoms with Crippen molar-refractivity contribution < 1.29 is 9.53 Å². The first-order chi connectivity index (χ1) is 14.2. The molecule has 0 bridgehead atoms. The lowest BCUT2D eigenvalue weighted by molar-refractivity contribution is -0.149. The van der Waals surface area contributed by atoms with Gasteiger partial charge in [-0.05, 0) is 19.3 Å². The number of hydrogen-bond donors (Lipinski definition) is 0. The van der Waals surface area contributed by atoms with E-state index < -0.39 is 0 Å². The fourth-order valence-corrected chi connectivity index (χ4v) is 4.05. The molecular weight excluding hydrogens is 356 g/mol. The van der Waals surface area contributed by atoms with Gasteiger partial charge in [-0.1, -0.05) is 136 Å². The van der Waals surface area contributed by atoms with E-state index in [-0.39, 0.29) is 12.1 Å². The Hall–Kier alpha value is -0.530. The van der Waals surface area contributed by atoms with Crippen LogP contribution in [0, 0.1) is 0 Å². The van der Waals surface area contributed by atoms with Crippen molar-refractivity contribution in [3.8, 4) is 0 Å². The van der Waals surface area contributed by atoms with Gasteiger partial charge < -0.3 is 4.74 Å². The number of carbonyl (C=O) groups excluding carboxylic acids is 1. The van der Waals surface area contributed by atoms with Crippen molar-refractivity contribution in [3.63, 3.8) is 0 Å². The van der Waals surface area contributed by atoms with Crippen molar-refractivity contribution in [3.05, 3.63) is 0 Å². The Morgan fingerprint density at radius 2 is 0.828 bits per heavy atom. The van der Waals surface area contributed by atoms with Crippen molar-refractivity contribution >= 4 is 5.97 Å². The zero-order valence-electron chi connectivity index (χ0n) is 20.5. The van der Waals surface area contributed by atoms with Crippen LogP contribution >= 0.6 is 0 Å². The third kappa shape index (κ3) is 22.0. The molecule has 0 heterocycles. The van der Waals surface area contributed by atoms with Gasteiger partial charge in [-0.3, -0.25) is 4.79 Å². The van der Waals surface area contributed by atoms with Gasteiger partial charge in [-0.25, -0.2) is 0 Å². The predicted octanol–water partition coefficient (Wildman–Crippen LogP) is 9.54. The van der Waals surface area contributed by atoms with Gasteiger partial charge >= 0.3 is 5.97 Å². The number of esters is 1. The number of ether oxygens (including phenoxy) is 1. The molecule has 0 aliphatic rings. The zero-order chi connectivity index (χ0) is 21.4. The summed E-state index contributed by atoms with van der Waals surface area (Å²) in [7, 11) is 0. The SMILES string of the molecule is CCCCCCCCCCCCCCCCCCCCCC(=O)OC(CC)CC. The molecule has 0 saturated heterocycles. The third-order valence-electron chi connectivity index (χ3n) is 6.19. The van der Waals surface area contributed by atoms with Crippen LogP contribution < -0.4 is 0 Å². The monoisotopic (exact) mass is 410 g/mol. The highest BCUT2D eigenvalue weighted by atomic mass is 16.5. The lowest BCUT2D eigenvalue weighted by Crippen LogP contribution is -2.16. The van der Waals surface area contributed by atoms with Gasteiger partial charge in [0.2, 0.25) is 0 Å². The number of unbranched alkanes of at least 4 members (excludes halogenated alkanes) is 18. The van der Waals surface area contributed by atoms with Crippen LogP contribution in [0.3, 0.4) is 0 Å². The molecule has 0 spiro atoms. The lowest BCUT2D eigenvalue weighted by atomic mass is 10.0. The Labute approximate surface area is 184 Å². The van der Waals surface area contributed by atoms with Crippen LogP contribution in [0.2, 0.25) is 0 Å². The van der Waals surface area contributed by atoms with E-state index in [1.165, 1.54) is 116 Å². The average molecular weight is 411 g/mol. The Kier molecular flexibility index (Phi) is 23.3. The molecule has 2 heteroatoms. The normalized spacial score (nSPS) is 11.3. The highest BCUT2D eigenvalue weighted by Crippen LogP contribution is 2.15. The molecule has 0 rings (SSSR count). The van der Waals surface area contributed by atoms with Crippen LogP contribution in [0.25, 0.3) is 0 Å². The Bertz CT molecular complexity index is 322. The van der Waals surface area contributed by atoms with Crippen molar-refractivity contribution in [2.75, 3.05) is 0 Å². The maximum Gasteiger partial charge on any atom is 0.306 e. The van der Waals surface area contributed by atoms with Crippen LogP contribution in [0.5, 0.6) is 0 Å². The maximum absolute atomic E-state index is 11.7. The van der Waals surface area contributed by atoms with Crippen LogP contribution in [0.4, 0.5) is 0 Å². The van der Waals surface area contributed by atoms with Crippen LogP contribution in [-0.4, -0.2) is 12.1 Å². The molecule has 0 atom stereocenters. The summed E-state index contributed by atoms with van der Waals surface area (Å²) < 4.78 is 5.45. The standard InChI is InChI=1S/C27H54O2/c1-4-7-8-9-10-11-12-13-14-15-16-17-18-19-20-21-22-23-24-25-27(28)29-26(5-2)6-3/h26H,4-25H2,1-3H3. The first-order valence-electron chi connectivity index (χ1n) is 13.4. The molecule has 0 aromatic heterocycles. The molecule has 0 radical (unpaired) electrons. The summed E-state index contributed by atoms with van der Waals surface area (Å²) in [6.45, 7) is 6.45. The third-order valence-corrected chi connectivity index (χ3v) is 6.19. The second-order valence-corrected chi connectivity index (χ2v) is 9.04. The minimum atomic E-state index is 0.00525. The molecule has 29 heavy (non-hydrogen) atoms. The quantitative estimate of drug-likeness (QED) is 0.124. The Morgan fingerprint density at radius 3 is 1.14 bits per heavy atom. The fraction of sp³-hybridized carbons (Fsp3) is 0.963. The van der Waals surface area contributed by atoms with E-state index in [2.05, 4.69) is 20.8 Å². The number of carbonyl (C=O) groups is 1. The summed E-state index contributed by atoms with van der Waals surface area (Å²) in [6, 6.07) is 0. The highest BCUT2D eigenvalue weighted by molar-refractivity contribution is 5.69. The van der Waals surface area contributed by atoms with Crippen molar-refractivity contribution in [1.29, 1.82) is 0 Å². The molecular formula is C27H54O2. The summed E-state index contributed by atoms with van der Waals surface area (Å²) in [5, 5.41) is 0. The van der Waals surface area contributed by atoms with E-state index in [4.69, 9.17) is 4.74 Å². The second-order valence-electron chi connectivity index (χ2n) is 9.04. The van der Waals surface area contributed by atoms with Crippen LogP contribution in [0.1, 0.15) is 162 Å². The van der Waals surface area contributed by atoms with Crippen LogP contribution in [-0.2, 0) is 9.53 Å². The van der Waals surface area contributed by atoms with E-state index in [9.17, 15) is 4.79 Å². The highest BCUT2D eigenvalue weighted by Gasteiger charge is 2.09. The first-order valence-corrected chi connectivity index (χ1v) is 13.4. The van der Waals surface area contributed by atoms with Gasteiger partial charge in [0.25, 0.3) is 0 Å². The molecule has 0 fully saturated rings. The molecule has 0 aromatic rings. The maximum atomic E-state index is 11.7. The van der Waals surface area contributed by atoms with Gasteiger partial charge in [-0.15, -0.1) is 0 Å². The Morgan fingerprint density at radius 1 is 0.517 bits per heavy atom. The zero-order valence-corrected chi connectivity index (χ0v) is 20.5. The van der Waals surface area contributed by atoms with Crippen molar-refractivity contribution in [2.45, 2.75) is 168 Å². The number of hydrogen-bond acceptors (Lipinski definition) is 2. The van der Waals surface area contributed by atoms with E-state index in [1.54, 1.807) is 0 Å². The molecule has 0 amide bonds. The minimum absolute atomic E-state index is 0.00525. The molecule has 174 valence electrons. The summed E-state index contributed by atoms with van der Waals surface area (Å²) in [4.78, 5) is 11.7. The summed E-state index contributed by atoms with van der Waals surface area (Å²) in [5.74, 6) is 0.00525. The molecule has 0 aliphatic carbocycles. The molecule has 0 aliphatic heterocycles. The van der Waals surface area contributed by atoms with Gasteiger partial charge in [0.15, 0.2) is 0 Å². The summed E-state index contributed by atoms with van der Waals surface area (Å²) in [6.07, 6.45) is 28.9. The fourth-order valence-electron chi connectivity index (χ4n) is 4.05. The molecule has 2 nitrogen and oxygen atoms in total. The van der Waals surface area contributed by atoms with Crippen molar-refractivity contribution in [1.82, 2.24) is 0 Å². The van der Waals surface area contributed by atoms with Crippen LogP contribution in [0.15, 0.2) is 0 Å². The molecule has 0 unspecified atom stereocenters. The topological polar surface area (TPSA) is 26.3 Å². The van der Waals surface area contributed by atoms with E-state index >= 15 is 0 Å². The van der Waals surface area contributed by atoms with Gasteiger partial charge in [-0.2, -0.15) is 0 Å². The molecule has 0 saturated carbocycles. The summed E-state index contributed by atoms with van der Waals surface area (Å²) in [5.41, 5.74) is 0.